The number of rotatable bonds is 7. The number of aliphatic imine (C=N–C) groups is 1. The molecule has 29 heavy (non-hydrogen) atoms. The van der Waals surface area contributed by atoms with Gasteiger partial charge in [0.1, 0.15) is 0 Å². The Balaban J connectivity index is 0.00000300. The standard InChI is InChI=1S/C22H37N5O.HI/c1-19-7-10-27(11-8-19)18-21-5-3-20(4-6-21)17-25-22(23-2)24-9-12-26-13-15-28-16-14-26;/h3-6,19H,7-18H2,1-2H3,(H2,23,24,25);1H. The Labute approximate surface area is 193 Å². The second kappa shape index (κ2) is 13.4. The summed E-state index contributed by atoms with van der Waals surface area (Å²) in [7, 11) is 1.83. The second-order valence-electron chi connectivity index (χ2n) is 8.08. The zero-order valence-electron chi connectivity index (χ0n) is 18.0. The maximum atomic E-state index is 5.39. The van der Waals surface area contributed by atoms with Crippen LogP contribution < -0.4 is 10.6 Å². The minimum atomic E-state index is 0. The highest BCUT2D eigenvalue weighted by molar-refractivity contribution is 14.0. The molecule has 0 aliphatic carbocycles. The van der Waals surface area contributed by atoms with Gasteiger partial charge in [-0.3, -0.25) is 14.8 Å². The summed E-state index contributed by atoms with van der Waals surface area (Å²) >= 11 is 0. The minimum absolute atomic E-state index is 0. The second-order valence-corrected chi connectivity index (χ2v) is 8.08. The van der Waals surface area contributed by atoms with Crippen LogP contribution in [0.25, 0.3) is 0 Å². The molecule has 2 heterocycles. The van der Waals surface area contributed by atoms with Gasteiger partial charge in [0.25, 0.3) is 0 Å². The van der Waals surface area contributed by atoms with Crippen molar-refractivity contribution >= 4 is 29.9 Å². The molecule has 2 fully saturated rings. The molecule has 3 rings (SSSR count). The van der Waals surface area contributed by atoms with Crippen LogP contribution in [-0.2, 0) is 17.8 Å². The zero-order valence-corrected chi connectivity index (χ0v) is 20.4. The van der Waals surface area contributed by atoms with Crippen molar-refractivity contribution in [1.82, 2.24) is 20.4 Å². The minimum Gasteiger partial charge on any atom is -0.379 e. The van der Waals surface area contributed by atoms with Crippen molar-refractivity contribution < 1.29 is 4.74 Å². The Bertz CT molecular complexity index is 596. The maximum Gasteiger partial charge on any atom is 0.191 e. The van der Waals surface area contributed by atoms with Crippen LogP contribution in [0.15, 0.2) is 29.3 Å². The predicted octanol–water partition coefficient (Wildman–Crippen LogP) is 2.53. The summed E-state index contributed by atoms with van der Waals surface area (Å²) in [5.41, 5.74) is 2.69. The predicted molar refractivity (Wildman–Crippen MR) is 131 cm³/mol. The fraction of sp³-hybridized carbons (Fsp3) is 0.682. The van der Waals surface area contributed by atoms with Crippen molar-refractivity contribution in [2.24, 2.45) is 10.9 Å². The molecule has 2 N–H and O–H groups in total. The van der Waals surface area contributed by atoms with E-state index in [1.165, 1.54) is 37.1 Å². The quantitative estimate of drug-likeness (QED) is 0.332. The number of halogens is 1. The molecule has 0 spiro atoms. The fourth-order valence-electron chi connectivity index (χ4n) is 3.80. The van der Waals surface area contributed by atoms with Gasteiger partial charge in [0.2, 0.25) is 0 Å². The summed E-state index contributed by atoms with van der Waals surface area (Å²) in [5, 5.41) is 6.82. The summed E-state index contributed by atoms with van der Waals surface area (Å²) in [6.07, 6.45) is 2.67. The van der Waals surface area contributed by atoms with E-state index in [4.69, 9.17) is 4.74 Å². The van der Waals surface area contributed by atoms with Crippen molar-refractivity contribution in [2.45, 2.75) is 32.9 Å². The first-order chi connectivity index (χ1) is 13.7. The first-order valence-electron chi connectivity index (χ1n) is 10.8. The Kier molecular flexibility index (Phi) is 11.3. The van der Waals surface area contributed by atoms with Crippen LogP contribution in [0.1, 0.15) is 30.9 Å². The molecular formula is C22H38IN5O. The molecule has 1 aromatic rings. The molecule has 0 amide bonds. The van der Waals surface area contributed by atoms with E-state index >= 15 is 0 Å². The van der Waals surface area contributed by atoms with Crippen molar-refractivity contribution in [3.63, 3.8) is 0 Å². The van der Waals surface area contributed by atoms with Crippen LogP contribution in [0, 0.1) is 5.92 Å². The number of morpholine rings is 1. The van der Waals surface area contributed by atoms with Gasteiger partial charge < -0.3 is 15.4 Å². The van der Waals surface area contributed by atoms with Crippen LogP contribution in [0.2, 0.25) is 0 Å². The molecule has 0 atom stereocenters. The molecule has 6 nitrogen and oxygen atoms in total. The number of piperidine rings is 1. The third-order valence-electron chi connectivity index (χ3n) is 5.81. The lowest BCUT2D eigenvalue weighted by Crippen LogP contribution is -2.44. The summed E-state index contributed by atoms with van der Waals surface area (Å²) in [6.45, 7) is 12.4. The molecule has 0 aromatic heterocycles. The van der Waals surface area contributed by atoms with Gasteiger partial charge >= 0.3 is 0 Å². The van der Waals surface area contributed by atoms with Gasteiger partial charge in [-0.15, -0.1) is 24.0 Å². The topological polar surface area (TPSA) is 52.1 Å². The third kappa shape index (κ3) is 8.78. The van der Waals surface area contributed by atoms with Gasteiger partial charge in [-0.1, -0.05) is 31.2 Å². The van der Waals surface area contributed by atoms with Crippen molar-refractivity contribution in [3.05, 3.63) is 35.4 Å². The normalized spacial score (nSPS) is 19.6. The molecule has 0 saturated carbocycles. The van der Waals surface area contributed by atoms with E-state index in [9.17, 15) is 0 Å². The van der Waals surface area contributed by atoms with Gasteiger partial charge in [-0.05, 0) is 43.0 Å². The summed E-state index contributed by atoms with van der Waals surface area (Å²) in [5.74, 6) is 1.75. The van der Waals surface area contributed by atoms with E-state index < -0.39 is 0 Å². The Morgan fingerprint density at radius 2 is 1.66 bits per heavy atom. The lowest BCUT2D eigenvalue weighted by Gasteiger charge is -2.30. The molecule has 2 aliphatic heterocycles. The van der Waals surface area contributed by atoms with E-state index in [0.717, 1.165) is 64.4 Å². The number of nitrogens with one attached hydrogen (secondary N) is 2. The number of hydrogen-bond donors (Lipinski definition) is 2. The van der Waals surface area contributed by atoms with Crippen molar-refractivity contribution in [2.75, 3.05) is 59.5 Å². The van der Waals surface area contributed by atoms with Gasteiger partial charge in [-0.25, -0.2) is 0 Å². The molecule has 0 radical (unpaired) electrons. The highest BCUT2D eigenvalue weighted by Crippen LogP contribution is 2.18. The number of nitrogens with zero attached hydrogens (tertiary/aromatic N) is 3. The largest absolute Gasteiger partial charge is 0.379 e. The smallest absolute Gasteiger partial charge is 0.191 e. The highest BCUT2D eigenvalue weighted by atomic mass is 127. The number of guanidine groups is 1. The van der Waals surface area contributed by atoms with Crippen LogP contribution >= 0.6 is 24.0 Å². The highest BCUT2D eigenvalue weighted by Gasteiger charge is 2.15. The van der Waals surface area contributed by atoms with Crippen molar-refractivity contribution in [1.29, 1.82) is 0 Å². The zero-order chi connectivity index (χ0) is 19.6. The van der Waals surface area contributed by atoms with Gasteiger partial charge in [0.05, 0.1) is 13.2 Å². The Morgan fingerprint density at radius 3 is 2.31 bits per heavy atom. The number of hydrogen-bond acceptors (Lipinski definition) is 4. The average molecular weight is 515 g/mol. The number of ether oxygens (including phenoxy) is 1. The Hall–Kier alpha value is -0.900. The Morgan fingerprint density at radius 1 is 1.00 bits per heavy atom. The SMILES string of the molecule is CN=C(NCCN1CCOCC1)NCc1ccc(CN2CCC(C)CC2)cc1.I. The first kappa shape index (κ1) is 24.4. The molecular weight excluding hydrogens is 477 g/mol. The first-order valence-corrected chi connectivity index (χ1v) is 10.8. The number of likely N-dealkylation sites (tertiary alicyclic amines) is 1. The lowest BCUT2D eigenvalue weighted by atomic mass is 9.99. The van der Waals surface area contributed by atoms with E-state index in [2.05, 4.69) is 56.6 Å². The molecule has 7 heteroatoms. The fourth-order valence-corrected chi connectivity index (χ4v) is 3.80. The molecule has 2 aliphatic rings. The van der Waals surface area contributed by atoms with E-state index in [0.29, 0.717) is 0 Å². The van der Waals surface area contributed by atoms with E-state index in [1.807, 2.05) is 7.05 Å². The molecule has 1 aromatic carbocycles. The van der Waals surface area contributed by atoms with Crippen LogP contribution in [0.5, 0.6) is 0 Å². The van der Waals surface area contributed by atoms with E-state index in [-0.39, 0.29) is 24.0 Å². The molecule has 0 bridgehead atoms. The van der Waals surface area contributed by atoms with Gasteiger partial charge in [0, 0.05) is 46.3 Å². The summed E-state index contributed by atoms with van der Waals surface area (Å²) in [4.78, 5) is 9.33. The van der Waals surface area contributed by atoms with Crippen LogP contribution in [-0.4, -0.2) is 75.3 Å². The van der Waals surface area contributed by atoms with Crippen molar-refractivity contribution in [3.8, 4) is 0 Å². The average Bonchev–Trinajstić information content (AvgIpc) is 2.74. The van der Waals surface area contributed by atoms with Gasteiger partial charge in [0.15, 0.2) is 5.96 Å². The summed E-state index contributed by atoms with van der Waals surface area (Å²) < 4.78 is 5.39. The maximum absolute atomic E-state index is 5.39. The number of benzene rings is 1. The lowest BCUT2D eigenvalue weighted by molar-refractivity contribution is 0.0389. The van der Waals surface area contributed by atoms with Crippen LogP contribution in [0.4, 0.5) is 0 Å². The molecule has 2 saturated heterocycles. The van der Waals surface area contributed by atoms with E-state index in [1.54, 1.807) is 0 Å². The third-order valence-corrected chi connectivity index (χ3v) is 5.81. The molecule has 0 unspecified atom stereocenters. The monoisotopic (exact) mass is 515 g/mol. The van der Waals surface area contributed by atoms with Gasteiger partial charge in [-0.2, -0.15) is 0 Å². The summed E-state index contributed by atoms with van der Waals surface area (Å²) in [6, 6.07) is 9.00. The van der Waals surface area contributed by atoms with Crippen LogP contribution in [0.3, 0.4) is 0 Å². The molecule has 164 valence electrons.